The highest BCUT2D eigenvalue weighted by molar-refractivity contribution is 5.86. The smallest absolute Gasteiger partial charge is 0.0521 e. The predicted octanol–water partition coefficient (Wildman–Crippen LogP) is 2.71. The lowest BCUT2D eigenvalue weighted by Gasteiger charge is -2.18. The highest BCUT2D eigenvalue weighted by Crippen LogP contribution is 2.26. The van der Waals surface area contributed by atoms with Crippen LogP contribution in [0, 0.1) is 0 Å². The highest BCUT2D eigenvalue weighted by atomic mass is 15.2. The summed E-state index contributed by atoms with van der Waals surface area (Å²) < 4.78 is 1.83. The molecular weight excluding hydrogens is 260 g/mol. The number of benzene rings is 2. The molecule has 1 atom stereocenters. The van der Waals surface area contributed by atoms with Crippen molar-refractivity contribution >= 4 is 10.8 Å². The second-order valence-corrected chi connectivity index (χ2v) is 5.35. The monoisotopic (exact) mass is 280 g/mol. The quantitative estimate of drug-likeness (QED) is 0.558. The van der Waals surface area contributed by atoms with Gasteiger partial charge >= 0.3 is 0 Å². The molecule has 1 unspecified atom stereocenters. The lowest BCUT2D eigenvalue weighted by molar-refractivity contribution is 0.519. The summed E-state index contributed by atoms with van der Waals surface area (Å²) in [5.41, 5.74) is 5.44. The van der Waals surface area contributed by atoms with Gasteiger partial charge in [0.2, 0.25) is 0 Å². The van der Waals surface area contributed by atoms with E-state index in [0.717, 1.165) is 12.8 Å². The molecule has 21 heavy (non-hydrogen) atoms. The van der Waals surface area contributed by atoms with Crippen molar-refractivity contribution in [2.45, 2.75) is 18.9 Å². The number of fused-ring (bicyclic) bond motifs is 1. The average Bonchev–Trinajstić information content (AvgIpc) is 2.93. The number of hydrogen-bond donors (Lipinski definition) is 2. The first-order valence-electron chi connectivity index (χ1n) is 7.19. The van der Waals surface area contributed by atoms with E-state index in [1.54, 1.807) is 0 Å². The molecule has 0 bridgehead atoms. The standard InChI is InChI=1S/C17H20N4/c1-21-12-13(11-19-21)9-10-17(20-18)16-8-4-6-14-5-2-3-7-15(14)16/h2-8,11-12,17,20H,9-10,18H2,1H3. The molecular formula is C17H20N4. The molecule has 1 aromatic heterocycles. The summed E-state index contributed by atoms with van der Waals surface area (Å²) in [5.74, 6) is 5.79. The first kappa shape index (κ1) is 13.8. The highest BCUT2D eigenvalue weighted by Gasteiger charge is 2.13. The van der Waals surface area contributed by atoms with Gasteiger partial charge in [-0.25, -0.2) is 0 Å². The SMILES string of the molecule is Cn1cc(CCC(NN)c2cccc3ccccc23)cn1. The predicted molar refractivity (Wildman–Crippen MR) is 85.5 cm³/mol. The maximum Gasteiger partial charge on any atom is 0.0521 e. The third kappa shape index (κ3) is 2.96. The Balaban J connectivity index is 1.84. The van der Waals surface area contributed by atoms with E-state index in [0.29, 0.717) is 0 Å². The summed E-state index contributed by atoms with van der Waals surface area (Å²) >= 11 is 0. The van der Waals surface area contributed by atoms with Crippen LogP contribution in [0.2, 0.25) is 0 Å². The van der Waals surface area contributed by atoms with Gasteiger partial charge in [0.25, 0.3) is 0 Å². The number of hydrogen-bond acceptors (Lipinski definition) is 3. The van der Waals surface area contributed by atoms with Gasteiger partial charge in [-0.1, -0.05) is 42.5 Å². The van der Waals surface area contributed by atoms with E-state index in [4.69, 9.17) is 5.84 Å². The average molecular weight is 280 g/mol. The van der Waals surface area contributed by atoms with Crippen LogP contribution in [-0.4, -0.2) is 9.78 Å². The zero-order chi connectivity index (χ0) is 14.7. The second kappa shape index (κ2) is 6.08. The van der Waals surface area contributed by atoms with Gasteiger partial charge in [0.05, 0.1) is 6.20 Å². The van der Waals surface area contributed by atoms with Gasteiger partial charge in [0.1, 0.15) is 0 Å². The van der Waals surface area contributed by atoms with Gasteiger partial charge in [-0.15, -0.1) is 0 Å². The molecule has 0 aliphatic carbocycles. The van der Waals surface area contributed by atoms with Crippen molar-refractivity contribution in [3.8, 4) is 0 Å². The molecule has 1 heterocycles. The van der Waals surface area contributed by atoms with Gasteiger partial charge < -0.3 is 0 Å². The Bertz CT molecular complexity index is 727. The van der Waals surface area contributed by atoms with Crippen molar-refractivity contribution in [2.24, 2.45) is 12.9 Å². The maximum absolute atomic E-state index is 5.79. The minimum Gasteiger partial charge on any atom is -0.276 e. The van der Waals surface area contributed by atoms with E-state index in [1.165, 1.54) is 21.9 Å². The molecule has 0 aliphatic rings. The van der Waals surface area contributed by atoms with Crippen LogP contribution in [0.4, 0.5) is 0 Å². The van der Waals surface area contributed by atoms with Crippen LogP contribution in [0.3, 0.4) is 0 Å². The largest absolute Gasteiger partial charge is 0.276 e. The molecule has 3 N–H and O–H groups in total. The van der Waals surface area contributed by atoms with Gasteiger partial charge in [-0.2, -0.15) is 5.10 Å². The molecule has 0 saturated heterocycles. The molecule has 3 aromatic rings. The van der Waals surface area contributed by atoms with Crippen molar-refractivity contribution in [1.29, 1.82) is 0 Å². The number of nitrogens with zero attached hydrogens (tertiary/aromatic N) is 2. The minimum atomic E-state index is 0.135. The Morgan fingerprint density at radius 3 is 2.76 bits per heavy atom. The zero-order valence-corrected chi connectivity index (χ0v) is 12.2. The van der Waals surface area contributed by atoms with E-state index in [9.17, 15) is 0 Å². The summed E-state index contributed by atoms with van der Waals surface area (Å²) in [4.78, 5) is 0. The normalized spacial score (nSPS) is 12.7. The number of rotatable bonds is 5. The number of aromatic nitrogens is 2. The van der Waals surface area contributed by atoms with Crippen LogP contribution in [-0.2, 0) is 13.5 Å². The zero-order valence-electron chi connectivity index (χ0n) is 12.2. The van der Waals surface area contributed by atoms with Crippen molar-refractivity contribution in [2.75, 3.05) is 0 Å². The van der Waals surface area contributed by atoms with Crippen LogP contribution >= 0.6 is 0 Å². The second-order valence-electron chi connectivity index (χ2n) is 5.35. The topological polar surface area (TPSA) is 55.9 Å². The molecule has 0 spiro atoms. The fraction of sp³-hybridized carbons (Fsp3) is 0.235. The van der Waals surface area contributed by atoms with Gasteiger partial charge in [-0.3, -0.25) is 16.0 Å². The number of aryl methyl sites for hydroxylation is 2. The van der Waals surface area contributed by atoms with E-state index < -0.39 is 0 Å². The Kier molecular flexibility index (Phi) is 3.99. The van der Waals surface area contributed by atoms with Crippen LogP contribution in [0.15, 0.2) is 54.9 Å². The van der Waals surface area contributed by atoms with Crippen molar-refractivity contribution < 1.29 is 0 Å². The van der Waals surface area contributed by atoms with Gasteiger partial charge in [-0.05, 0) is 34.7 Å². The summed E-state index contributed by atoms with van der Waals surface area (Å²) in [6, 6.07) is 14.9. The fourth-order valence-corrected chi connectivity index (χ4v) is 2.79. The van der Waals surface area contributed by atoms with E-state index >= 15 is 0 Å². The Morgan fingerprint density at radius 1 is 1.19 bits per heavy atom. The van der Waals surface area contributed by atoms with E-state index in [1.807, 2.05) is 17.9 Å². The Morgan fingerprint density at radius 2 is 2.00 bits per heavy atom. The lowest BCUT2D eigenvalue weighted by Crippen LogP contribution is -2.28. The first-order valence-corrected chi connectivity index (χ1v) is 7.19. The van der Waals surface area contributed by atoms with Gasteiger partial charge in [0.15, 0.2) is 0 Å². The maximum atomic E-state index is 5.79. The molecule has 108 valence electrons. The van der Waals surface area contributed by atoms with Crippen LogP contribution in [0.5, 0.6) is 0 Å². The summed E-state index contributed by atoms with van der Waals surface area (Å²) in [5, 5.41) is 6.71. The first-order chi connectivity index (χ1) is 10.3. The molecule has 3 rings (SSSR count). The molecule has 0 saturated carbocycles. The van der Waals surface area contributed by atoms with Crippen LogP contribution in [0.25, 0.3) is 10.8 Å². The fourth-order valence-electron chi connectivity index (χ4n) is 2.79. The van der Waals surface area contributed by atoms with Crippen molar-refractivity contribution in [3.63, 3.8) is 0 Å². The number of nitrogens with two attached hydrogens (primary N) is 1. The van der Waals surface area contributed by atoms with Crippen LogP contribution in [0.1, 0.15) is 23.6 Å². The van der Waals surface area contributed by atoms with Gasteiger partial charge in [0, 0.05) is 19.3 Å². The molecule has 0 amide bonds. The summed E-state index contributed by atoms with van der Waals surface area (Å²) in [7, 11) is 1.94. The summed E-state index contributed by atoms with van der Waals surface area (Å²) in [6.45, 7) is 0. The van der Waals surface area contributed by atoms with E-state index in [-0.39, 0.29) is 6.04 Å². The molecule has 0 aliphatic heterocycles. The minimum absolute atomic E-state index is 0.135. The Labute approximate surface area is 124 Å². The van der Waals surface area contributed by atoms with Crippen molar-refractivity contribution in [3.05, 3.63) is 66.0 Å². The molecule has 4 heteroatoms. The third-order valence-electron chi connectivity index (χ3n) is 3.88. The lowest BCUT2D eigenvalue weighted by atomic mass is 9.95. The molecule has 0 fully saturated rings. The van der Waals surface area contributed by atoms with E-state index in [2.05, 4.69) is 59.2 Å². The van der Waals surface area contributed by atoms with Crippen LogP contribution < -0.4 is 11.3 Å². The van der Waals surface area contributed by atoms with Crippen molar-refractivity contribution in [1.82, 2.24) is 15.2 Å². The molecule has 0 radical (unpaired) electrons. The Hall–Kier alpha value is -2.17. The summed E-state index contributed by atoms with van der Waals surface area (Å²) in [6.07, 6.45) is 5.86. The third-order valence-corrected chi connectivity index (χ3v) is 3.88. The molecule has 4 nitrogen and oxygen atoms in total. The number of hydrazine groups is 1. The molecule has 2 aromatic carbocycles. The number of nitrogens with one attached hydrogen (secondary N) is 1.